The zero-order valence-corrected chi connectivity index (χ0v) is 13.7. The van der Waals surface area contributed by atoms with E-state index in [1.807, 2.05) is 13.8 Å². The number of hydrogen-bond donors (Lipinski definition) is 3. The summed E-state index contributed by atoms with van der Waals surface area (Å²) in [6.07, 6.45) is 4.29. The molecule has 5 heteroatoms. The summed E-state index contributed by atoms with van der Waals surface area (Å²) in [4.78, 5) is 23.4. The molecule has 1 fully saturated rings. The van der Waals surface area contributed by atoms with Crippen LogP contribution in [0, 0.1) is 17.3 Å². The third-order valence-corrected chi connectivity index (χ3v) is 5.14. The minimum atomic E-state index is -0.857. The molecule has 0 spiro atoms. The summed E-state index contributed by atoms with van der Waals surface area (Å²) in [5, 5.41) is 15.1. The number of urea groups is 1. The lowest BCUT2D eigenvalue weighted by atomic mass is 9.80. The molecular weight excluding hydrogens is 268 g/mol. The van der Waals surface area contributed by atoms with Crippen molar-refractivity contribution in [1.29, 1.82) is 0 Å². The van der Waals surface area contributed by atoms with Gasteiger partial charge in [-0.25, -0.2) is 4.79 Å². The Hall–Kier alpha value is -1.26. The van der Waals surface area contributed by atoms with E-state index in [1.165, 1.54) is 0 Å². The molecule has 0 saturated heterocycles. The van der Waals surface area contributed by atoms with Crippen LogP contribution in [0.5, 0.6) is 0 Å². The van der Waals surface area contributed by atoms with Crippen molar-refractivity contribution >= 4 is 12.0 Å². The fraction of sp³-hybridized carbons (Fsp3) is 0.875. The van der Waals surface area contributed by atoms with Gasteiger partial charge in [-0.2, -0.15) is 0 Å². The third-order valence-electron chi connectivity index (χ3n) is 5.14. The monoisotopic (exact) mass is 298 g/mol. The topological polar surface area (TPSA) is 78.4 Å². The molecule has 1 aliphatic rings. The van der Waals surface area contributed by atoms with Gasteiger partial charge in [0, 0.05) is 12.6 Å². The maximum atomic E-state index is 12.0. The van der Waals surface area contributed by atoms with E-state index >= 15 is 0 Å². The quantitative estimate of drug-likeness (QED) is 0.705. The number of carbonyl (C=O) groups is 2. The number of hydrogen-bond acceptors (Lipinski definition) is 2. The highest BCUT2D eigenvalue weighted by Crippen LogP contribution is 2.29. The molecule has 0 radical (unpaired) electrons. The predicted molar refractivity (Wildman–Crippen MR) is 83.2 cm³/mol. The predicted octanol–water partition coefficient (Wildman–Crippen LogP) is 3.00. The Morgan fingerprint density at radius 1 is 1.19 bits per heavy atom. The molecule has 1 rings (SSSR count). The van der Waals surface area contributed by atoms with Gasteiger partial charge in [-0.1, -0.05) is 27.7 Å². The van der Waals surface area contributed by atoms with Crippen LogP contribution in [-0.2, 0) is 4.79 Å². The van der Waals surface area contributed by atoms with Gasteiger partial charge < -0.3 is 15.7 Å². The van der Waals surface area contributed by atoms with Crippen molar-refractivity contribution in [3.8, 4) is 0 Å². The number of rotatable bonds is 6. The lowest BCUT2D eigenvalue weighted by molar-refractivity contribution is -0.149. The normalized spacial score (nSPS) is 26.2. The molecule has 3 unspecified atom stereocenters. The maximum absolute atomic E-state index is 12.0. The van der Waals surface area contributed by atoms with Gasteiger partial charge in [-0.05, 0) is 43.9 Å². The molecule has 0 heterocycles. The van der Waals surface area contributed by atoms with Gasteiger partial charge >= 0.3 is 12.0 Å². The summed E-state index contributed by atoms with van der Waals surface area (Å²) < 4.78 is 0. The fourth-order valence-electron chi connectivity index (χ4n) is 3.23. The minimum Gasteiger partial charge on any atom is -0.481 e. The Labute approximate surface area is 127 Å². The molecule has 122 valence electrons. The van der Waals surface area contributed by atoms with Crippen molar-refractivity contribution in [2.75, 3.05) is 6.54 Å². The third kappa shape index (κ3) is 4.61. The molecule has 0 bridgehead atoms. The van der Waals surface area contributed by atoms with E-state index in [2.05, 4.69) is 24.5 Å². The van der Waals surface area contributed by atoms with Crippen molar-refractivity contribution in [3.05, 3.63) is 0 Å². The van der Waals surface area contributed by atoms with Crippen LogP contribution in [0.2, 0.25) is 0 Å². The molecule has 5 nitrogen and oxygen atoms in total. The van der Waals surface area contributed by atoms with Crippen molar-refractivity contribution in [1.82, 2.24) is 10.6 Å². The maximum Gasteiger partial charge on any atom is 0.315 e. The van der Waals surface area contributed by atoms with E-state index in [9.17, 15) is 14.7 Å². The summed E-state index contributed by atoms with van der Waals surface area (Å²) in [5.41, 5.74) is -0.857. The van der Waals surface area contributed by atoms with E-state index in [0.717, 1.165) is 25.2 Å². The lowest BCUT2D eigenvalue weighted by Gasteiger charge is -2.33. The second kappa shape index (κ2) is 7.66. The van der Waals surface area contributed by atoms with Crippen molar-refractivity contribution in [2.24, 2.45) is 17.3 Å². The molecule has 21 heavy (non-hydrogen) atoms. The van der Waals surface area contributed by atoms with Gasteiger partial charge in [0.15, 0.2) is 0 Å². The molecule has 0 aromatic heterocycles. The summed E-state index contributed by atoms with van der Waals surface area (Å²) in [6.45, 7) is 8.29. The van der Waals surface area contributed by atoms with Crippen molar-refractivity contribution in [2.45, 2.75) is 65.8 Å². The Balaban J connectivity index is 2.48. The summed E-state index contributed by atoms with van der Waals surface area (Å²) in [7, 11) is 0. The van der Waals surface area contributed by atoms with Crippen LogP contribution in [0.4, 0.5) is 4.79 Å². The summed E-state index contributed by atoms with van der Waals surface area (Å²) in [6, 6.07) is -0.0439. The van der Waals surface area contributed by atoms with E-state index in [-0.39, 0.29) is 18.6 Å². The van der Waals surface area contributed by atoms with Crippen LogP contribution in [0.25, 0.3) is 0 Å². The van der Waals surface area contributed by atoms with Crippen LogP contribution in [0.3, 0.4) is 0 Å². The van der Waals surface area contributed by atoms with Crippen LogP contribution in [-0.4, -0.2) is 29.7 Å². The first kappa shape index (κ1) is 17.8. The number of aliphatic carboxylic acids is 1. The molecule has 1 saturated carbocycles. The first-order valence-corrected chi connectivity index (χ1v) is 8.12. The van der Waals surface area contributed by atoms with Crippen molar-refractivity contribution in [3.63, 3.8) is 0 Å². The Morgan fingerprint density at radius 2 is 1.81 bits per heavy atom. The Kier molecular flexibility index (Phi) is 6.49. The van der Waals surface area contributed by atoms with E-state index in [0.29, 0.717) is 18.8 Å². The molecule has 2 amide bonds. The zero-order chi connectivity index (χ0) is 16.0. The van der Waals surface area contributed by atoms with Crippen LogP contribution in [0.15, 0.2) is 0 Å². The van der Waals surface area contributed by atoms with E-state index in [1.54, 1.807) is 0 Å². The van der Waals surface area contributed by atoms with Crippen LogP contribution in [0.1, 0.15) is 59.8 Å². The molecule has 0 aromatic carbocycles. The number of nitrogens with one attached hydrogen (secondary N) is 2. The van der Waals surface area contributed by atoms with Crippen LogP contribution < -0.4 is 10.6 Å². The molecule has 3 N–H and O–H groups in total. The average molecular weight is 298 g/mol. The smallest absolute Gasteiger partial charge is 0.315 e. The van der Waals surface area contributed by atoms with Gasteiger partial charge in [0.25, 0.3) is 0 Å². The highest BCUT2D eigenvalue weighted by atomic mass is 16.4. The second-order valence-electron chi connectivity index (χ2n) is 6.62. The standard InChI is InChI=1S/C16H30N2O3/c1-5-16(6-2,14(19)20)10-17-15(21)18-13-8-7-11(3)9-12(13)4/h11-13H,5-10H2,1-4H3,(H,19,20)(H2,17,18,21). The van der Waals surface area contributed by atoms with Crippen LogP contribution >= 0.6 is 0 Å². The largest absolute Gasteiger partial charge is 0.481 e. The second-order valence-corrected chi connectivity index (χ2v) is 6.62. The van der Waals surface area contributed by atoms with Gasteiger partial charge in [0.1, 0.15) is 0 Å². The average Bonchev–Trinajstić information content (AvgIpc) is 2.43. The number of carbonyl (C=O) groups excluding carboxylic acids is 1. The summed E-state index contributed by atoms with van der Waals surface area (Å²) in [5.74, 6) is 0.356. The van der Waals surface area contributed by atoms with Gasteiger partial charge in [0.05, 0.1) is 5.41 Å². The first-order valence-electron chi connectivity index (χ1n) is 8.12. The summed E-state index contributed by atoms with van der Waals surface area (Å²) >= 11 is 0. The van der Waals surface area contributed by atoms with Gasteiger partial charge in [0.2, 0.25) is 0 Å². The SMILES string of the molecule is CCC(CC)(CNC(=O)NC1CCC(C)CC1C)C(=O)O. The Bertz CT molecular complexity index is 367. The highest BCUT2D eigenvalue weighted by Gasteiger charge is 2.35. The lowest BCUT2D eigenvalue weighted by Crippen LogP contribution is -2.50. The first-order chi connectivity index (χ1) is 9.84. The van der Waals surface area contributed by atoms with Gasteiger partial charge in [-0.3, -0.25) is 4.79 Å². The number of carboxylic acids is 1. The number of carboxylic acid groups (broad SMARTS) is 1. The minimum absolute atomic E-state index is 0.179. The van der Waals surface area contributed by atoms with E-state index < -0.39 is 11.4 Å². The van der Waals surface area contributed by atoms with Crippen molar-refractivity contribution < 1.29 is 14.7 Å². The molecule has 0 aromatic rings. The van der Waals surface area contributed by atoms with Gasteiger partial charge in [-0.15, -0.1) is 0 Å². The fourth-order valence-corrected chi connectivity index (χ4v) is 3.23. The molecule has 1 aliphatic carbocycles. The zero-order valence-electron chi connectivity index (χ0n) is 13.7. The molecule has 3 atom stereocenters. The molecular formula is C16H30N2O3. The highest BCUT2D eigenvalue weighted by molar-refractivity contribution is 5.78. The molecule has 0 aliphatic heterocycles. The van der Waals surface area contributed by atoms with E-state index in [4.69, 9.17) is 0 Å². The number of amides is 2. The Morgan fingerprint density at radius 3 is 2.29 bits per heavy atom.